The highest BCUT2D eigenvalue weighted by Crippen LogP contribution is 2.20. The largest absolute Gasteiger partial charge is 0.393 e. The van der Waals surface area contributed by atoms with Gasteiger partial charge >= 0.3 is 10.2 Å². The molecule has 2 N–H and O–H groups in total. The molecule has 1 aromatic rings. The Balaban J connectivity index is 3.13. The van der Waals surface area contributed by atoms with Crippen molar-refractivity contribution in [3.63, 3.8) is 0 Å². The van der Waals surface area contributed by atoms with Gasteiger partial charge < -0.3 is 5.73 Å². The maximum Gasteiger partial charge on any atom is 0.304 e. The molecule has 0 bridgehead atoms. The first-order chi connectivity index (χ1) is 9.43. The van der Waals surface area contributed by atoms with Gasteiger partial charge in [-0.1, -0.05) is 44.3 Å². The van der Waals surface area contributed by atoms with Crippen LogP contribution in [-0.4, -0.2) is 37.3 Å². The molecule has 0 radical (unpaired) electrons. The number of nitrogens with zero attached hydrogens (tertiary/aromatic N) is 2. The third-order valence-corrected chi connectivity index (χ3v) is 5.24. The molecule has 7 heteroatoms. The molecule has 0 aromatic heterocycles. The van der Waals surface area contributed by atoms with Crippen molar-refractivity contribution in [2.24, 2.45) is 5.73 Å². The number of rotatable bonds is 8. The monoisotopic (exact) mass is 315 g/mol. The summed E-state index contributed by atoms with van der Waals surface area (Å²) in [6, 6.07) is 8.99. The Morgan fingerprint density at radius 1 is 1.20 bits per heavy atom. The van der Waals surface area contributed by atoms with Gasteiger partial charge in [0.25, 0.3) is 0 Å². The van der Waals surface area contributed by atoms with Crippen molar-refractivity contribution in [1.29, 1.82) is 0 Å². The van der Waals surface area contributed by atoms with Gasteiger partial charge in [-0.3, -0.25) is 4.31 Å². The lowest BCUT2D eigenvalue weighted by Crippen LogP contribution is -2.45. The lowest BCUT2D eigenvalue weighted by atomic mass is 10.3. The first kappa shape index (κ1) is 16.9. The zero-order valence-corrected chi connectivity index (χ0v) is 13.5. The minimum atomic E-state index is -3.56. The molecule has 0 aliphatic heterocycles. The molecular weight excluding hydrogens is 294 g/mol. The van der Waals surface area contributed by atoms with Gasteiger partial charge in [0.05, 0.1) is 10.7 Å². The average molecular weight is 315 g/mol. The van der Waals surface area contributed by atoms with E-state index >= 15 is 0 Å². The van der Waals surface area contributed by atoms with Gasteiger partial charge in [-0.25, -0.2) is 0 Å². The van der Waals surface area contributed by atoms with Crippen LogP contribution in [0, 0.1) is 0 Å². The van der Waals surface area contributed by atoms with Crippen LogP contribution in [0.25, 0.3) is 0 Å². The Kier molecular flexibility index (Phi) is 6.38. The molecule has 0 fully saturated rings. The molecule has 1 rings (SSSR count). The standard InChI is InChI=1S/C13H21N3O2S2/c1-3-15(4-2)20(17,18)16(11-10-13(14)19)12-8-6-5-7-9-12/h5-9H,3-4,10-11H2,1-2H3,(H2,14,19). The van der Waals surface area contributed by atoms with Crippen LogP contribution in [0.1, 0.15) is 20.3 Å². The van der Waals surface area contributed by atoms with Crippen molar-refractivity contribution >= 4 is 33.1 Å². The Morgan fingerprint density at radius 2 is 1.75 bits per heavy atom. The van der Waals surface area contributed by atoms with E-state index in [2.05, 4.69) is 0 Å². The van der Waals surface area contributed by atoms with E-state index in [0.717, 1.165) is 0 Å². The normalized spacial score (nSPS) is 11.6. The number of anilines is 1. The summed E-state index contributed by atoms with van der Waals surface area (Å²) in [6.45, 7) is 4.73. The Bertz CT molecular complexity index is 528. The van der Waals surface area contributed by atoms with Crippen LogP contribution in [0.4, 0.5) is 5.69 Å². The van der Waals surface area contributed by atoms with Crippen molar-refractivity contribution < 1.29 is 8.42 Å². The molecule has 0 aliphatic carbocycles. The fourth-order valence-corrected chi connectivity index (χ4v) is 3.61. The molecule has 0 aliphatic rings. The van der Waals surface area contributed by atoms with Gasteiger partial charge in [0.1, 0.15) is 0 Å². The SMILES string of the molecule is CCN(CC)S(=O)(=O)N(CCC(N)=S)c1ccccc1. The minimum absolute atomic E-state index is 0.248. The summed E-state index contributed by atoms with van der Waals surface area (Å²) >= 11 is 4.85. The van der Waals surface area contributed by atoms with Crippen molar-refractivity contribution in [3.8, 4) is 0 Å². The van der Waals surface area contributed by atoms with Gasteiger partial charge in [-0.2, -0.15) is 12.7 Å². The van der Waals surface area contributed by atoms with E-state index in [0.29, 0.717) is 30.2 Å². The molecule has 5 nitrogen and oxygen atoms in total. The molecule has 0 atom stereocenters. The zero-order chi connectivity index (χ0) is 15.2. The maximum absolute atomic E-state index is 12.7. The molecular formula is C13H21N3O2S2. The smallest absolute Gasteiger partial charge is 0.304 e. The number of hydrogen-bond donors (Lipinski definition) is 1. The summed E-state index contributed by atoms with van der Waals surface area (Å²) < 4.78 is 28.1. The lowest BCUT2D eigenvalue weighted by molar-refractivity contribution is 0.442. The van der Waals surface area contributed by atoms with Gasteiger partial charge in [0, 0.05) is 26.1 Å². The van der Waals surface area contributed by atoms with Crippen LogP contribution in [0.3, 0.4) is 0 Å². The Morgan fingerprint density at radius 3 is 2.20 bits per heavy atom. The first-order valence-electron chi connectivity index (χ1n) is 6.54. The van der Waals surface area contributed by atoms with E-state index in [4.69, 9.17) is 18.0 Å². The number of para-hydroxylation sites is 1. The molecule has 0 heterocycles. The predicted molar refractivity (Wildman–Crippen MR) is 87.0 cm³/mol. The number of thiocarbonyl (C=S) groups is 1. The fraction of sp³-hybridized carbons (Fsp3) is 0.462. The zero-order valence-electron chi connectivity index (χ0n) is 11.8. The van der Waals surface area contributed by atoms with Crippen molar-refractivity contribution in [3.05, 3.63) is 30.3 Å². The molecule has 0 unspecified atom stereocenters. The van der Waals surface area contributed by atoms with E-state index in [9.17, 15) is 8.42 Å². The topological polar surface area (TPSA) is 66.6 Å². The third kappa shape index (κ3) is 4.16. The molecule has 112 valence electrons. The van der Waals surface area contributed by atoms with Crippen molar-refractivity contribution in [2.45, 2.75) is 20.3 Å². The predicted octanol–water partition coefficient (Wildman–Crippen LogP) is 1.76. The summed E-state index contributed by atoms with van der Waals surface area (Å²) in [5.74, 6) is 0. The van der Waals surface area contributed by atoms with Gasteiger partial charge in [0.15, 0.2) is 0 Å². The van der Waals surface area contributed by atoms with E-state index < -0.39 is 10.2 Å². The summed E-state index contributed by atoms with van der Waals surface area (Å²) in [5, 5.41) is 0. The highest BCUT2D eigenvalue weighted by Gasteiger charge is 2.27. The van der Waals surface area contributed by atoms with Gasteiger partial charge in [-0.05, 0) is 12.1 Å². The molecule has 0 amide bonds. The number of hydrogen-bond acceptors (Lipinski definition) is 3. The van der Waals surface area contributed by atoms with Crippen LogP contribution in [0.5, 0.6) is 0 Å². The molecule has 0 saturated carbocycles. The van der Waals surface area contributed by atoms with Crippen LogP contribution in [0.15, 0.2) is 30.3 Å². The molecule has 20 heavy (non-hydrogen) atoms. The van der Waals surface area contributed by atoms with Crippen molar-refractivity contribution in [2.75, 3.05) is 23.9 Å². The average Bonchev–Trinajstić information content (AvgIpc) is 2.40. The second-order valence-electron chi connectivity index (χ2n) is 4.22. The van der Waals surface area contributed by atoms with Gasteiger partial charge in [0.2, 0.25) is 0 Å². The van der Waals surface area contributed by atoms with Crippen LogP contribution < -0.4 is 10.0 Å². The van der Waals surface area contributed by atoms with E-state index in [-0.39, 0.29) is 6.54 Å². The van der Waals surface area contributed by atoms with Crippen molar-refractivity contribution in [1.82, 2.24) is 4.31 Å². The minimum Gasteiger partial charge on any atom is -0.393 e. The molecule has 1 aromatic carbocycles. The Hall–Kier alpha value is -1.18. The van der Waals surface area contributed by atoms with E-state index in [1.165, 1.54) is 8.61 Å². The second-order valence-corrected chi connectivity index (χ2v) is 6.59. The summed E-state index contributed by atoms with van der Waals surface area (Å²) in [6.07, 6.45) is 0.352. The van der Waals surface area contributed by atoms with Crippen LogP contribution in [0.2, 0.25) is 0 Å². The third-order valence-electron chi connectivity index (χ3n) is 2.92. The number of nitrogens with two attached hydrogens (primary N) is 1. The lowest BCUT2D eigenvalue weighted by Gasteiger charge is -2.30. The van der Waals surface area contributed by atoms with E-state index in [1.54, 1.807) is 24.3 Å². The van der Waals surface area contributed by atoms with Gasteiger partial charge in [-0.15, -0.1) is 0 Å². The first-order valence-corrected chi connectivity index (χ1v) is 8.35. The molecule has 0 saturated heterocycles. The fourth-order valence-electron chi connectivity index (χ4n) is 1.87. The maximum atomic E-state index is 12.7. The second kappa shape index (κ2) is 7.56. The quantitative estimate of drug-likeness (QED) is 0.742. The van der Waals surface area contributed by atoms with Crippen LogP contribution >= 0.6 is 12.2 Å². The highest BCUT2D eigenvalue weighted by atomic mass is 32.2. The van der Waals surface area contributed by atoms with Crippen LogP contribution in [-0.2, 0) is 10.2 Å². The number of benzene rings is 1. The summed E-state index contributed by atoms with van der Waals surface area (Å²) in [7, 11) is -3.56. The Labute approximate surface area is 126 Å². The summed E-state index contributed by atoms with van der Waals surface area (Å²) in [5.41, 5.74) is 6.12. The summed E-state index contributed by atoms with van der Waals surface area (Å²) in [4.78, 5) is 0.306. The van der Waals surface area contributed by atoms with E-state index in [1.807, 2.05) is 19.9 Å². The molecule has 0 spiro atoms. The highest BCUT2D eigenvalue weighted by molar-refractivity contribution is 7.90.